The zero-order valence-electron chi connectivity index (χ0n) is 20.0. The molecule has 0 radical (unpaired) electrons. The molecule has 2 aliphatic heterocycles. The van der Waals surface area contributed by atoms with Gasteiger partial charge in [-0.15, -0.1) is 0 Å². The van der Waals surface area contributed by atoms with Crippen LogP contribution in [-0.4, -0.2) is 61.6 Å². The highest BCUT2D eigenvalue weighted by Crippen LogP contribution is 2.53. The molecule has 1 fully saturated rings. The van der Waals surface area contributed by atoms with Crippen LogP contribution in [0.3, 0.4) is 0 Å². The van der Waals surface area contributed by atoms with E-state index in [4.69, 9.17) is 9.47 Å². The van der Waals surface area contributed by atoms with E-state index in [0.29, 0.717) is 19.6 Å². The minimum atomic E-state index is -1.19. The number of ether oxygens (including phenoxy) is 2. The molecule has 2 heterocycles. The van der Waals surface area contributed by atoms with Crippen molar-refractivity contribution in [2.75, 3.05) is 38.3 Å². The van der Waals surface area contributed by atoms with Gasteiger partial charge in [0.05, 0.1) is 19.1 Å². The van der Waals surface area contributed by atoms with Gasteiger partial charge in [0, 0.05) is 38.2 Å². The molecule has 180 valence electrons. The van der Waals surface area contributed by atoms with E-state index in [1.165, 1.54) is 0 Å². The van der Waals surface area contributed by atoms with E-state index in [9.17, 15) is 14.4 Å². The number of carbonyl (C=O) groups is 3. The van der Waals surface area contributed by atoms with Gasteiger partial charge >= 0.3 is 5.97 Å². The normalized spacial score (nSPS) is 23.4. The first kappa shape index (κ1) is 24.0. The van der Waals surface area contributed by atoms with Crippen LogP contribution in [0, 0.1) is 5.92 Å². The number of esters is 1. The molecule has 2 amide bonds. The molecule has 7 nitrogen and oxygen atoms in total. The Bertz CT molecular complexity index is 1060. The molecule has 3 atom stereocenters. The van der Waals surface area contributed by atoms with Crippen LogP contribution < -0.4 is 4.90 Å². The molecule has 2 aliphatic rings. The molecule has 0 aliphatic carbocycles. The van der Waals surface area contributed by atoms with Crippen molar-refractivity contribution in [3.8, 4) is 0 Å². The number of benzene rings is 2. The summed E-state index contributed by atoms with van der Waals surface area (Å²) in [5.74, 6) is -1.78. The van der Waals surface area contributed by atoms with Gasteiger partial charge in [-0.1, -0.05) is 48.5 Å². The summed E-state index contributed by atoms with van der Waals surface area (Å²) in [5.41, 5.74) is 1.52. The number of anilines is 1. The number of fused-ring (bicyclic) bond motifs is 3. The summed E-state index contributed by atoms with van der Waals surface area (Å²) in [6.45, 7) is 4.70. The fourth-order valence-electron chi connectivity index (χ4n) is 5.45. The van der Waals surface area contributed by atoms with Crippen LogP contribution in [0.15, 0.2) is 54.6 Å². The first-order valence-electron chi connectivity index (χ1n) is 11.8. The number of hydrogen-bond acceptors (Lipinski definition) is 5. The van der Waals surface area contributed by atoms with Gasteiger partial charge in [0.25, 0.3) is 5.91 Å². The van der Waals surface area contributed by atoms with E-state index in [1.54, 1.807) is 30.8 Å². The largest absolute Gasteiger partial charge is 0.466 e. The molecular formula is C27H32N2O5. The molecule has 4 rings (SSSR count). The second-order valence-electron chi connectivity index (χ2n) is 8.98. The van der Waals surface area contributed by atoms with E-state index in [1.807, 2.05) is 54.6 Å². The summed E-state index contributed by atoms with van der Waals surface area (Å²) in [6.07, 6.45) is 0.827. The molecule has 0 unspecified atom stereocenters. The predicted molar refractivity (Wildman–Crippen MR) is 128 cm³/mol. The lowest BCUT2D eigenvalue weighted by atomic mass is 9.72. The zero-order valence-corrected chi connectivity index (χ0v) is 20.0. The lowest BCUT2D eigenvalue weighted by Crippen LogP contribution is -2.62. The van der Waals surface area contributed by atoms with Gasteiger partial charge in [0.1, 0.15) is 5.54 Å². The van der Waals surface area contributed by atoms with Crippen LogP contribution in [0.1, 0.15) is 37.3 Å². The van der Waals surface area contributed by atoms with Crippen molar-refractivity contribution in [2.24, 2.45) is 5.92 Å². The lowest BCUT2D eigenvalue weighted by molar-refractivity contribution is -0.148. The first-order chi connectivity index (χ1) is 16.4. The first-order valence-corrected chi connectivity index (χ1v) is 11.8. The van der Waals surface area contributed by atoms with Crippen molar-refractivity contribution >= 4 is 23.5 Å². The van der Waals surface area contributed by atoms with Gasteiger partial charge in [-0.2, -0.15) is 0 Å². The number of likely N-dealkylation sites (tertiary alicyclic amines) is 1. The van der Waals surface area contributed by atoms with Crippen molar-refractivity contribution in [3.05, 3.63) is 65.7 Å². The van der Waals surface area contributed by atoms with Crippen LogP contribution in [0.5, 0.6) is 0 Å². The summed E-state index contributed by atoms with van der Waals surface area (Å²) in [6, 6.07) is 17.4. The number of nitrogens with zero attached hydrogens (tertiary/aromatic N) is 2. The Morgan fingerprint density at radius 2 is 1.79 bits per heavy atom. The maximum Gasteiger partial charge on any atom is 0.311 e. The van der Waals surface area contributed by atoms with Gasteiger partial charge < -0.3 is 19.3 Å². The Labute approximate surface area is 200 Å². The van der Waals surface area contributed by atoms with Gasteiger partial charge in [-0.3, -0.25) is 14.4 Å². The van der Waals surface area contributed by atoms with E-state index < -0.39 is 17.4 Å². The van der Waals surface area contributed by atoms with Crippen molar-refractivity contribution in [3.63, 3.8) is 0 Å². The number of aryl methyl sites for hydroxylation is 1. The van der Waals surface area contributed by atoms with Crippen molar-refractivity contribution in [2.45, 2.75) is 38.1 Å². The quantitative estimate of drug-likeness (QED) is 0.561. The predicted octanol–water partition coefficient (Wildman–Crippen LogP) is 3.18. The Morgan fingerprint density at radius 3 is 2.50 bits per heavy atom. The van der Waals surface area contributed by atoms with E-state index >= 15 is 0 Å². The highest BCUT2D eigenvalue weighted by molar-refractivity contribution is 6.07. The van der Waals surface area contributed by atoms with Crippen LogP contribution in [0.4, 0.5) is 5.69 Å². The third kappa shape index (κ3) is 4.09. The molecule has 0 spiro atoms. The summed E-state index contributed by atoms with van der Waals surface area (Å²) >= 11 is 0. The number of para-hydroxylation sites is 1. The molecule has 0 bridgehead atoms. The van der Waals surface area contributed by atoms with Crippen molar-refractivity contribution in [1.29, 1.82) is 0 Å². The number of hydrogen-bond donors (Lipinski definition) is 0. The van der Waals surface area contributed by atoms with E-state index in [2.05, 4.69) is 0 Å². The molecule has 0 aromatic heterocycles. The second kappa shape index (κ2) is 9.97. The molecule has 0 N–H and O–H groups in total. The molecule has 2 aromatic carbocycles. The molecular weight excluding hydrogens is 432 g/mol. The van der Waals surface area contributed by atoms with Gasteiger partial charge in [-0.25, -0.2) is 0 Å². The van der Waals surface area contributed by atoms with Crippen LogP contribution in [0.2, 0.25) is 0 Å². The van der Waals surface area contributed by atoms with Gasteiger partial charge in [0.15, 0.2) is 0 Å². The van der Waals surface area contributed by atoms with Crippen LogP contribution in [0.25, 0.3) is 0 Å². The smallest absolute Gasteiger partial charge is 0.311 e. The Hall–Kier alpha value is -3.19. The zero-order chi connectivity index (χ0) is 24.3. The van der Waals surface area contributed by atoms with Gasteiger partial charge in [0.2, 0.25) is 5.91 Å². The third-order valence-corrected chi connectivity index (χ3v) is 7.07. The fraction of sp³-hybridized carbons (Fsp3) is 0.444. The summed E-state index contributed by atoms with van der Waals surface area (Å²) in [5, 5.41) is 0. The molecule has 34 heavy (non-hydrogen) atoms. The number of methoxy groups -OCH3 is 1. The topological polar surface area (TPSA) is 76.2 Å². The highest BCUT2D eigenvalue weighted by Gasteiger charge is 2.63. The molecule has 2 aromatic rings. The maximum atomic E-state index is 14.0. The average Bonchev–Trinajstić information content (AvgIpc) is 3.18. The third-order valence-electron chi connectivity index (χ3n) is 7.07. The molecule has 0 saturated carbocycles. The van der Waals surface area contributed by atoms with Gasteiger partial charge in [-0.05, 0) is 37.5 Å². The van der Waals surface area contributed by atoms with Crippen molar-refractivity contribution < 1.29 is 23.9 Å². The summed E-state index contributed by atoms with van der Waals surface area (Å²) in [7, 11) is 1.59. The number of amides is 2. The Balaban J connectivity index is 1.73. The van der Waals surface area contributed by atoms with Crippen LogP contribution >= 0.6 is 0 Å². The minimum absolute atomic E-state index is 0.137. The lowest BCUT2D eigenvalue weighted by Gasteiger charge is -2.46. The fourth-order valence-corrected chi connectivity index (χ4v) is 5.45. The average molecular weight is 465 g/mol. The minimum Gasteiger partial charge on any atom is -0.466 e. The molecule has 1 saturated heterocycles. The van der Waals surface area contributed by atoms with Crippen LogP contribution in [-0.2, 0) is 30.3 Å². The molecule has 7 heteroatoms. The second-order valence-corrected chi connectivity index (χ2v) is 8.98. The number of rotatable bonds is 8. The van der Waals surface area contributed by atoms with Crippen molar-refractivity contribution in [1.82, 2.24) is 4.90 Å². The van der Waals surface area contributed by atoms with E-state index in [-0.39, 0.29) is 37.4 Å². The summed E-state index contributed by atoms with van der Waals surface area (Å²) in [4.78, 5) is 44.0. The Kier molecular flexibility index (Phi) is 7.03. The highest BCUT2D eigenvalue weighted by atomic mass is 16.5. The monoisotopic (exact) mass is 464 g/mol. The SMILES string of the molecule is CCOC(=O)[C@H]1CN(C(=O)CCc2ccccc2)[C@]2(C)C(=O)N(CCOC)c3ccccc3[C@H]12. The summed E-state index contributed by atoms with van der Waals surface area (Å²) < 4.78 is 10.7. The standard InChI is InChI=1S/C27H32N2O5/c1-4-34-25(31)21-18-29(23(30)15-14-19-10-6-5-7-11-19)27(2)24(21)20-12-8-9-13-22(20)28(26(27)32)16-17-33-3/h5-13,21,24H,4,14-18H2,1-3H3/t21-,24+,27-/m0/s1. The maximum absolute atomic E-state index is 14.0. The Morgan fingerprint density at radius 1 is 1.09 bits per heavy atom. The number of carbonyl (C=O) groups excluding carboxylic acids is 3. The van der Waals surface area contributed by atoms with E-state index in [0.717, 1.165) is 16.8 Å².